The molecular weight excluding hydrogens is 817 g/mol. The molecule has 0 fully saturated rings. The van der Waals surface area contributed by atoms with Crippen molar-refractivity contribution in [1.82, 2.24) is 29.1 Å². The summed E-state index contributed by atoms with van der Waals surface area (Å²) >= 11 is 0. The highest BCUT2D eigenvalue weighted by Crippen LogP contribution is 2.63. The first-order valence-electron chi connectivity index (χ1n) is 23.0. The molecule has 67 heavy (non-hydrogen) atoms. The van der Waals surface area contributed by atoms with Gasteiger partial charge in [0.15, 0.2) is 17.5 Å². The zero-order chi connectivity index (χ0) is 44.2. The van der Waals surface area contributed by atoms with Crippen molar-refractivity contribution in [2.75, 3.05) is 0 Å². The summed E-state index contributed by atoms with van der Waals surface area (Å²) in [7, 11) is 0. The van der Waals surface area contributed by atoms with Crippen LogP contribution in [0.5, 0.6) is 0 Å². The maximum Gasteiger partial charge on any atom is 0.164 e. The fraction of sp³-hybridized carbons (Fsp3) is 0.0492. The molecule has 6 nitrogen and oxygen atoms in total. The second-order valence-electron chi connectivity index (χ2n) is 17.6. The van der Waals surface area contributed by atoms with Crippen molar-refractivity contribution in [2.24, 2.45) is 0 Å². The summed E-state index contributed by atoms with van der Waals surface area (Å²) < 4.78 is 4.59. The first kappa shape index (κ1) is 37.6. The van der Waals surface area contributed by atoms with Crippen LogP contribution in [-0.2, 0) is 11.8 Å². The molecule has 0 atom stereocenters. The third-order valence-corrected chi connectivity index (χ3v) is 14.2. The number of hydrogen-bond acceptors (Lipinski definition) is 4. The van der Waals surface area contributed by atoms with E-state index >= 15 is 0 Å². The SMILES string of the molecule is CCc1nc2ccccc2n1-c1ccc(-c2nc(-c3ccc4c(c3)C3(c5ccccc5-c5ccccc53)c3ccccc3-4)nc(-c3ccc4c(c3)c3ccccc3n4-c3ccccc3)n2)cc1. The third-order valence-electron chi connectivity index (χ3n) is 14.2. The van der Waals surface area contributed by atoms with Crippen molar-refractivity contribution < 1.29 is 0 Å². The Balaban J connectivity index is 0.978. The molecule has 2 aliphatic rings. The van der Waals surface area contributed by atoms with Gasteiger partial charge in [0.1, 0.15) is 5.82 Å². The van der Waals surface area contributed by atoms with Crippen molar-refractivity contribution in [3.8, 4) is 67.8 Å². The highest BCUT2D eigenvalue weighted by atomic mass is 15.1. The summed E-state index contributed by atoms with van der Waals surface area (Å²) in [6.07, 6.45) is 0.815. The Morgan fingerprint density at radius 2 is 0.851 bits per heavy atom. The number of para-hydroxylation sites is 4. The van der Waals surface area contributed by atoms with Gasteiger partial charge in [-0.25, -0.2) is 19.9 Å². The molecule has 3 aromatic heterocycles. The number of imidazole rings is 1. The summed E-state index contributed by atoms with van der Waals surface area (Å²) in [4.78, 5) is 21.0. The maximum absolute atomic E-state index is 5.40. The lowest BCUT2D eigenvalue weighted by Crippen LogP contribution is -2.25. The van der Waals surface area contributed by atoms with Crippen molar-refractivity contribution >= 4 is 32.8 Å². The monoisotopic (exact) mass is 856 g/mol. The van der Waals surface area contributed by atoms with Gasteiger partial charge in [0, 0.05) is 45.3 Å². The fourth-order valence-corrected chi connectivity index (χ4v) is 11.3. The molecule has 12 aromatic rings. The standard InChI is InChI=1S/C61H40N6/c1-2-57-62-53-25-13-15-27-56(53)67(57)42-32-28-38(29-33-42)58-63-59(39-31-35-55-48(36-39)47-21-9-14-26-54(47)66(55)41-16-4-3-5-17-41)65-60(64-58)40-30-34-46-45-20-8-12-24-51(45)61(52(46)37-40)49-22-10-6-18-43(49)44-19-7-11-23-50(44)61/h3-37H,2H2,1H3. The minimum atomic E-state index is -0.490. The summed E-state index contributed by atoms with van der Waals surface area (Å²) in [5.41, 5.74) is 19.0. The van der Waals surface area contributed by atoms with E-state index in [0.29, 0.717) is 17.5 Å². The Hall–Kier alpha value is -8.74. The van der Waals surface area contributed by atoms with Gasteiger partial charge in [-0.2, -0.15) is 0 Å². The van der Waals surface area contributed by atoms with Gasteiger partial charge in [-0.15, -0.1) is 0 Å². The first-order chi connectivity index (χ1) is 33.2. The Morgan fingerprint density at radius 1 is 0.358 bits per heavy atom. The molecule has 0 saturated carbocycles. The summed E-state index contributed by atoms with van der Waals surface area (Å²) in [6.45, 7) is 2.15. The minimum Gasteiger partial charge on any atom is -0.309 e. The van der Waals surface area contributed by atoms with Crippen LogP contribution in [0, 0.1) is 0 Å². The zero-order valence-corrected chi connectivity index (χ0v) is 36.6. The molecule has 2 aliphatic carbocycles. The largest absolute Gasteiger partial charge is 0.309 e. The van der Waals surface area contributed by atoms with E-state index in [0.717, 1.165) is 67.8 Å². The molecule has 0 radical (unpaired) electrons. The van der Waals surface area contributed by atoms with Gasteiger partial charge in [0.2, 0.25) is 0 Å². The van der Waals surface area contributed by atoms with Gasteiger partial charge < -0.3 is 4.57 Å². The lowest BCUT2D eigenvalue weighted by molar-refractivity contribution is 0.794. The normalized spacial score (nSPS) is 13.0. The second-order valence-corrected chi connectivity index (χ2v) is 17.6. The Labute approximate surface area is 387 Å². The summed E-state index contributed by atoms with van der Waals surface area (Å²) in [5, 5.41) is 2.31. The van der Waals surface area contributed by atoms with Crippen molar-refractivity contribution in [2.45, 2.75) is 18.8 Å². The van der Waals surface area contributed by atoms with Crippen molar-refractivity contribution in [3.63, 3.8) is 0 Å². The molecule has 0 bridgehead atoms. The van der Waals surface area contributed by atoms with Gasteiger partial charge in [-0.3, -0.25) is 4.57 Å². The first-order valence-corrected chi connectivity index (χ1v) is 23.0. The summed E-state index contributed by atoms with van der Waals surface area (Å²) in [5.74, 6) is 2.87. The number of nitrogens with zero attached hydrogens (tertiary/aromatic N) is 6. The minimum absolute atomic E-state index is 0.490. The predicted molar refractivity (Wildman–Crippen MR) is 271 cm³/mol. The molecular formula is C61H40N6. The molecule has 3 heterocycles. The van der Waals surface area contributed by atoms with Crippen molar-refractivity contribution in [1.29, 1.82) is 0 Å². The van der Waals surface area contributed by atoms with Crippen LogP contribution < -0.4 is 0 Å². The topological polar surface area (TPSA) is 61.4 Å². The Morgan fingerprint density at radius 3 is 1.52 bits per heavy atom. The van der Waals surface area contributed by atoms with Crippen LogP contribution in [-0.4, -0.2) is 29.1 Å². The average Bonchev–Trinajstić information content (AvgIpc) is 4.12. The zero-order valence-electron chi connectivity index (χ0n) is 36.6. The average molecular weight is 857 g/mol. The van der Waals surface area contributed by atoms with Gasteiger partial charge in [-0.1, -0.05) is 140 Å². The smallest absolute Gasteiger partial charge is 0.164 e. The van der Waals surface area contributed by atoms with Crippen molar-refractivity contribution in [3.05, 3.63) is 240 Å². The number of hydrogen-bond donors (Lipinski definition) is 0. The van der Waals surface area contributed by atoms with Crippen LogP contribution in [0.15, 0.2) is 212 Å². The van der Waals surface area contributed by atoms with Crippen LogP contribution in [0.25, 0.3) is 101 Å². The molecule has 1 spiro atoms. The predicted octanol–water partition coefficient (Wildman–Crippen LogP) is 14.2. The lowest BCUT2D eigenvalue weighted by Gasteiger charge is -2.30. The van der Waals surface area contributed by atoms with E-state index in [4.69, 9.17) is 19.9 Å². The van der Waals surface area contributed by atoms with E-state index in [2.05, 4.69) is 222 Å². The van der Waals surface area contributed by atoms with Gasteiger partial charge in [0.25, 0.3) is 0 Å². The Kier molecular flexibility index (Phi) is 8.07. The number of rotatable bonds is 6. The van der Waals surface area contributed by atoms with E-state index in [9.17, 15) is 0 Å². The molecule has 0 unspecified atom stereocenters. The number of benzene rings is 9. The molecule has 314 valence electrons. The van der Waals surface area contributed by atoms with E-state index in [1.807, 2.05) is 6.07 Å². The highest BCUT2D eigenvalue weighted by Gasteiger charge is 2.51. The molecule has 0 saturated heterocycles. The van der Waals surface area contributed by atoms with Crippen LogP contribution in [0.2, 0.25) is 0 Å². The van der Waals surface area contributed by atoms with Crippen LogP contribution >= 0.6 is 0 Å². The van der Waals surface area contributed by atoms with Crippen LogP contribution in [0.1, 0.15) is 35.0 Å². The molecule has 6 heteroatoms. The maximum atomic E-state index is 5.40. The van der Waals surface area contributed by atoms with E-state index in [1.165, 1.54) is 49.9 Å². The second kappa shape index (κ2) is 14.4. The fourth-order valence-electron chi connectivity index (χ4n) is 11.3. The molecule has 0 amide bonds. The van der Waals surface area contributed by atoms with Gasteiger partial charge >= 0.3 is 0 Å². The van der Waals surface area contributed by atoms with Gasteiger partial charge in [0.05, 0.1) is 27.5 Å². The molecule has 0 aliphatic heterocycles. The van der Waals surface area contributed by atoms with E-state index in [1.54, 1.807) is 0 Å². The van der Waals surface area contributed by atoms with Crippen LogP contribution in [0.3, 0.4) is 0 Å². The van der Waals surface area contributed by atoms with Crippen LogP contribution in [0.4, 0.5) is 0 Å². The summed E-state index contributed by atoms with van der Waals surface area (Å²) in [6, 6.07) is 76.3. The van der Waals surface area contributed by atoms with Gasteiger partial charge in [-0.05, 0) is 123 Å². The quantitative estimate of drug-likeness (QED) is 0.167. The Bertz CT molecular complexity index is 3910. The number of aromatic nitrogens is 6. The highest BCUT2D eigenvalue weighted by molar-refractivity contribution is 6.10. The number of aryl methyl sites for hydroxylation is 1. The molecule has 9 aromatic carbocycles. The van der Waals surface area contributed by atoms with E-state index in [-0.39, 0.29) is 0 Å². The third kappa shape index (κ3) is 5.38. The molecule has 0 N–H and O–H groups in total. The lowest BCUT2D eigenvalue weighted by atomic mass is 9.70. The molecule has 14 rings (SSSR count). The van der Waals surface area contributed by atoms with E-state index < -0.39 is 5.41 Å². The number of fused-ring (bicyclic) bond motifs is 14.